The summed E-state index contributed by atoms with van der Waals surface area (Å²) in [5, 5.41) is 2.42. The number of rotatable bonds is 9. The van der Waals surface area contributed by atoms with Gasteiger partial charge in [0.25, 0.3) is 0 Å². The zero-order valence-corrected chi connectivity index (χ0v) is 26.6. The van der Waals surface area contributed by atoms with Gasteiger partial charge in [-0.25, -0.2) is 13.2 Å². The van der Waals surface area contributed by atoms with Crippen LogP contribution in [0.5, 0.6) is 0 Å². The molecular formula is C28H16Br2Cl3F6NO3. The van der Waals surface area contributed by atoms with Crippen molar-refractivity contribution in [2.45, 2.75) is 33.0 Å². The van der Waals surface area contributed by atoms with Gasteiger partial charge in [0.05, 0.1) is 16.5 Å². The van der Waals surface area contributed by atoms with Crippen molar-refractivity contribution in [1.82, 2.24) is 0 Å². The van der Waals surface area contributed by atoms with E-state index in [1.165, 1.54) is 18.2 Å². The Bertz CT molecular complexity index is 1630. The first kappa shape index (κ1) is 33.8. The minimum absolute atomic E-state index is 0.0363. The first-order chi connectivity index (χ1) is 19.9. The van der Waals surface area contributed by atoms with E-state index in [4.69, 9.17) is 34.8 Å². The molecule has 0 radical (unpaired) electrons. The highest BCUT2D eigenvalue weighted by Crippen LogP contribution is 2.65. The maximum atomic E-state index is 15.1. The zero-order valence-electron chi connectivity index (χ0n) is 21.1. The molecule has 1 saturated carbocycles. The van der Waals surface area contributed by atoms with Gasteiger partial charge in [0.1, 0.15) is 25.5 Å². The van der Waals surface area contributed by atoms with E-state index in [0.29, 0.717) is 12.1 Å². The minimum atomic E-state index is -4.99. The van der Waals surface area contributed by atoms with Gasteiger partial charge in [0.15, 0.2) is 11.6 Å². The fourth-order valence-electron chi connectivity index (χ4n) is 4.52. The van der Waals surface area contributed by atoms with E-state index in [9.17, 15) is 36.3 Å². The van der Waals surface area contributed by atoms with Crippen molar-refractivity contribution in [2.75, 3.05) is 5.32 Å². The molecule has 3 aromatic rings. The molecule has 0 bridgehead atoms. The third-order valence-corrected chi connectivity index (χ3v) is 9.03. The van der Waals surface area contributed by atoms with Gasteiger partial charge in [-0.1, -0.05) is 55.6 Å². The normalized spacial score (nSPS) is 17.6. The second kappa shape index (κ2) is 12.7. The first-order valence-electron chi connectivity index (χ1n) is 12.1. The quantitative estimate of drug-likeness (QED) is 0.134. The molecule has 43 heavy (non-hydrogen) atoms. The number of alkyl halides is 7. The Kier molecular flexibility index (Phi) is 9.98. The number of benzene rings is 3. The van der Waals surface area contributed by atoms with Crippen molar-refractivity contribution in [3.05, 3.63) is 98.8 Å². The van der Waals surface area contributed by atoms with Gasteiger partial charge < -0.3 is 5.32 Å². The molecule has 0 aromatic heterocycles. The first-order valence-corrected chi connectivity index (χ1v) is 15.0. The molecule has 1 aliphatic rings. The molecule has 228 valence electrons. The SMILES string of the molecule is O=C(Cc1ccc(F)c(CC(=O)C(Br)Br)c1F)c1cc(NC(=O)[C@H]2[C@H](c3ccc(F)c(C(F)(F)F)c3)C2(Cl)Cl)ccc1Cl. The second-order valence-corrected chi connectivity index (χ2v) is 14.5. The second-order valence-electron chi connectivity index (χ2n) is 9.59. The van der Waals surface area contributed by atoms with Gasteiger partial charge in [-0.3, -0.25) is 14.4 Å². The lowest BCUT2D eigenvalue weighted by Gasteiger charge is -2.12. The summed E-state index contributed by atoms with van der Waals surface area (Å²) in [7, 11) is 0. The van der Waals surface area contributed by atoms with Crippen LogP contribution in [0.4, 0.5) is 32.0 Å². The van der Waals surface area contributed by atoms with Gasteiger partial charge in [-0.2, -0.15) is 13.2 Å². The summed E-state index contributed by atoms with van der Waals surface area (Å²) < 4.78 is 80.0. The number of Topliss-reactive ketones (excluding diaryl/α,β-unsaturated/α-hetero) is 2. The summed E-state index contributed by atoms with van der Waals surface area (Å²) in [6, 6.07) is 7.98. The summed E-state index contributed by atoms with van der Waals surface area (Å²) in [6.07, 6.45) is -6.14. The Morgan fingerprint density at radius 1 is 0.930 bits per heavy atom. The van der Waals surface area contributed by atoms with Crippen molar-refractivity contribution < 1.29 is 40.7 Å². The molecule has 0 aliphatic heterocycles. The van der Waals surface area contributed by atoms with E-state index in [1.54, 1.807) is 0 Å². The fourth-order valence-corrected chi connectivity index (χ4v) is 5.90. The predicted octanol–water partition coefficient (Wildman–Crippen LogP) is 8.95. The Hall–Kier alpha value is -2.12. The van der Waals surface area contributed by atoms with E-state index in [0.717, 1.165) is 18.2 Å². The third-order valence-electron chi connectivity index (χ3n) is 6.74. The average Bonchev–Trinajstić information content (AvgIpc) is 3.50. The monoisotopic (exact) mass is 791 g/mol. The Balaban J connectivity index is 1.53. The maximum absolute atomic E-state index is 15.1. The highest BCUT2D eigenvalue weighted by Gasteiger charge is 2.67. The number of anilines is 1. The molecule has 1 fully saturated rings. The van der Waals surface area contributed by atoms with Crippen LogP contribution in [0, 0.1) is 23.4 Å². The van der Waals surface area contributed by atoms with Crippen molar-refractivity contribution in [2.24, 2.45) is 5.92 Å². The lowest BCUT2D eigenvalue weighted by atomic mass is 9.98. The topological polar surface area (TPSA) is 63.2 Å². The number of hydrogen-bond donors (Lipinski definition) is 1. The predicted molar refractivity (Wildman–Crippen MR) is 157 cm³/mol. The number of nitrogens with one attached hydrogen (secondary N) is 1. The van der Waals surface area contributed by atoms with Crippen molar-refractivity contribution in [3.63, 3.8) is 0 Å². The molecule has 2 atom stereocenters. The van der Waals surface area contributed by atoms with Crippen molar-refractivity contribution >= 4 is 89.8 Å². The van der Waals surface area contributed by atoms with E-state index >= 15 is 4.39 Å². The van der Waals surface area contributed by atoms with E-state index in [2.05, 4.69) is 37.2 Å². The van der Waals surface area contributed by atoms with Crippen LogP contribution in [0.15, 0.2) is 48.5 Å². The molecule has 4 nitrogen and oxygen atoms in total. The average molecular weight is 795 g/mol. The van der Waals surface area contributed by atoms with Crippen LogP contribution in [0.3, 0.4) is 0 Å². The standard InChI is InChI=1S/C28H16Br2Cl3F6NO3/c29-25(30)21(42)10-15-18(34)5-2-12(24(15)36)8-20(41)14-9-13(3-4-17(14)31)40-26(43)23-22(27(23,32)33)11-1-6-19(35)16(7-11)28(37,38)39/h1-7,9,22-23,25H,8,10H2,(H,40,43)/t22-,23+/m0/s1. The largest absolute Gasteiger partial charge is 0.419 e. The van der Waals surface area contributed by atoms with Crippen LogP contribution in [0.25, 0.3) is 0 Å². The van der Waals surface area contributed by atoms with Gasteiger partial charge in [0, 0.05) is 35.6 Å². The minimum Gasteiger partial charge on any atom is -0.326 e. The van der Waals surface area contributed by atoms with Gasteiger partial charge in [-0.05, 0) is 47.5 Å². The third kappa shape index (κ3) is 7.24. The van der Waals surface area contributed by atoms with Crippen LogP contribution >= 0.6 is 66.7 Å². The Morgan fingerprint density at radius 2 is 1.58 bits per heavy atom. The van der Waals surface area contributed by atoms with Crippen LogP contribution in [-0.4, -0.2) is 25.5 Å². The lowest BCUT2D eigenvalue weighted by molar-refractivity contribution is -0.140. The number of ketones is 2. The maximum Gasteiger partial charge on any atom is 0.419 e. The number of halogens is 11. The molecule has 1 aliphatic carbocycles. The molecule has 0 unspecified atom stereocenters. The van der Waals surface area contributed by atoms with Crippen LogP contribution in [-0.2, 0) is 28.6 Å². The summed E-state index contributed by atoms with van der Waals surface area (Å²) in [6.45, 7) is 0. The lowest BCUT2D eigenvalue weighted by Crippen LogP contribution is -2.18. The number of carbonyl (C=O) groups excluding carboxylic acids is 3. The van der Waals surface area contributed by atoms with Crippen LogP contribution in [0.2, 0.25) is 5.02 Å². The van der Waals surface area contributed by atoms with Crippen molar-refractivity contribution in [3.8, 4) is 0 Å². The smallest absolute Gasteiger partial charge is 0.326 e. The molecular weight excluding hydrogens is 778 g/mol. The van der Waals surface area contributed by atoms with Gasteiger partial charge in [0.2, 0.25) is 5.91 Å². The number of carbonyl (C=O) groups is 3. The molecule has 3 aromatic carbocycles. The van der Waals surface area contributed by atoms with Crippen LogP contribution < -0.4 is 5.32 Å². The number of amides is 1. The Labute approximate surface area is 272 Å². The molecule has 1 N–H and O–H groups in total. The fraction of sp³-hybridized carbons (Fsp3) is 0.250. The Morgan fingerprint density at radius 3 is 2.21 bits per heavy atom. The zero-order chi connectivity index (χ0) is 32.0. The molecule has 1 amide bonds. The molecule has 0 spiro atoms. The van der Waals surface area contributed by atoms with E-state index < -0.39 is 85.0 Å². The van der Waals surface area contributed by atoms with Gasteiger partial charge >= 0.3 is 6.18 Å². The highest BCUT2D eigenvalue weighted by molar-refractivity contribution is 9.25. The molecule has 4 rings (SSSR count). The van der Waals surface area contributed by atoms with E-state index in [-0.39, 0.29) is 27.4 Å². The van der Waals surface area contributed by atoms with Crippen LogP contribution in [0.1, 0.15) is 38.5 Å². The van der Waals surface area contributed by atoms with Gasteiger partial charge in [-0.15, -0.1) is 23.2 Å². The highest BCUT2D eigenvalue weighted by atomic mass is 79.9. The summed E-state index contributed by atoms with van der Waals surface area (Å²) in [5.41, 5.74) is -2.45. The summed E-state index contributed by atoms with van der Waals surface area (Å²) in [5.74, 6) is -7.92. The molecule has 15 heteroatoms. The number of hydrogen-bond acceptors (Lipinski definition) is 3. The van der Waals surface area contributed by atoms with Crippen molar-refractivity contribution in [1.29, 1.82) is 0 Å². The molecule has 0 heterocycles. The summed E-state index contributed by atoms with van der Waals surface area (Å²) >= 11 is 24.6. The summed E-state index contributed by atoms with van der Waals surface area (Å²) in [4.78, 5) is 38.1. The van der Waals surface area contributed by atoms with E-state index in [1.807, 2.05) is 0 Å². The molecule has 0 saturated heterocycles.